The first-order valence-electron chi connectivity index (χ1n) is 24.8. The lowest BCUT2D eigenvalue weighted by Crippen LogP contribution is -2.29. The molecule has 354 valence electrons. The molecule has 9 nitrogen and oxygen atoms in total. The molecule has 0 fully saturated rings. The van der Waals surface area contributed by atoms with Crippen molar-refractivity contribution in [1.29, 1.82) is 0 Å². The molecule has 0 aromatic heterocycles. The molecule has 0 amide bonds. The van der Waals surface area contributed by atoms with Crippen LogP contribution in [0.2, 0.25) is 0 Å². The minimum Gasteiger partial charge on any atom is -0.462 e. The lowest BCUT2D eigenvalue weighted by atomic mass is 10.0. The average molecular weight is 878 g/mol. The van der Waals surface area contributed by atoms with Crippen LogP contribution in [-0.2, 0) is 32.7 Å². The number of nitrogens with two attached hydrogens (primary N) is 1. The molecule has 61 heavy (non-hydrogen) atoms. The molecule has 10 heteroatoms. The number of allylic oxidation sites excluding steroid dienone is 10. The van der Waals surface area contributed by atoms with Gasteiger partial charge in [0.1, 0.15) is 6.61 Å². The Labute approximate surface area is 374 Å². The summed E-state index contributed by atoms with van der Waals surface area (Å²) >= 11 is 0. The van der Waals surface area contributed by atoms with Gasteiger partial charge in [-0.1, -0.05) is 209 Å². The quantitative estimate of drug-likeness (QED) is 0.0265. The fraction of sp³-hybridized carbons (Fsp3) is 0.765. The van der Waals surface area contributed by atoms with Crippen LogP contribution >= 0.6 is 7.82 Å². The summed E-state index contributed by atoms with van der Waals surface area (Å²) in [5, 5.41) is 0. The standard InChI is InChI=1S/C51H92NO8P/c1-3-5-7-9-11-13-15-17-19-21-23-24-26-27-29-31-33-35-37-39-41-43-50(53)57-47-49(48-59-61(55,56)58-46-45-52)60-51(54)44-42-40-38-36-34-32-30-28-25-22-20-18-16-14-12-10-8-6-4-2/h6,8,12,14,18,20,25,28,32,34,49H,3-5,7,9-11,13,15-17,19,21-24,26-27,29-31,33,35-48,52H2,1-2H3,(H,55,56)/b8-6+,14-12+,20-18+,28-25+,34-32+/t49-/m1/s1. The lowest BCUT2D eigenvalue weighted by molar-refractivity contribution is -0.161. The van der Waals surface area contributed by atoms with E-state index >= 15 is 0 Å². The Kier molecular flexibility index (Phi) is 45.4. The first-order valence-corrected chi connectivity index (χ1v) is 26.3. The minimum absolute atomic E-state index is 0.0462. The highest BCUT2D eigenvalue weighted by Gasteiger charge is 2.26. The Morgan fingerprint density at radius 3 is 1.34 bits per heavy atom. The third-order valence-electron chi connectivity index (χ3n) is 10.4. The van der Waals surface area contributed by atoms with Gasteiger partial charge in [0, 0.05) is 19.4 Å². The molecule has 0 aromatic carbocycles. The number of carbonyl (C=O) groups excluding carboxylic acids is 2. The second-order valence-electron chi connectivity index (χ2n) is 16.3. The second-order valence-corrected chi connectivity index (χ2v) is 17.8. The van der Waals surface area contributed by atoms with Crippen molar-refractivity contribution in [2.24, 2.45) is 5.73 Å². The predicted octanol–water partition coefficient (Wildman–Crippen LogP) is 14.8. The fourth-order valence-electron chi connectivity index (χ4n) is 6.78. The number of hydrogen-bond acceptors (Lipinski definition) is 8. The van der Waals surface area contributed by atoms with Crippen LogP contribution in [0.4, 0.5) is 0 Å². The third-order valence-corrected chi connectivity index (χ3v) is 11.4. The normalized spacial score (nSPS) is 13.7. The Balaban J connectivity index is 4.11. The van der Waals surface area contributed by atoms with Crippen molar-refractivity contribution in [3.63, 3.8) is 0 Å². The van der Waals surface area contributed by atoms with E-state index in [4.69, 9.17) is 24.3 Å². The molecule has 2 atom stereocenters. The number of ether oxygens (including phenoxy) is 2. The maximum Gasteiger partial charge on any atom is 0.472 e. The monoisotopic (exact) mass is 878 g/mol. The number of rotatable bonds is 46. The predicted molar refractivity (Wildman–Crippen MR) is 256 cm³/mol. The molecule has 0 saturated heterocycles. The van der Waals surface area contributed by atoms with E-state index in [1.165, 1.54) is 116 Å². The van der Waals surface area contributed by atoms with Gasteiger partial charge in [-0.25, -0.2) is 4.57 Å². The summed E-state index contributed by atoms with van der Waals surface area (Å²) in [5.74, 6) is -0.861. The third kappa shape index (κ3) is 47.0. The van der Waals surface area contributed by atoms with Crippen molar-refractivity contribution < 1.29 is 37.6 Å². The van der Waals surface area contributed by atoms with Gasteiger partial charge in [0.25, 0.3) is 0 Å². The Morgan fingerprint density at radius 1 is 0.508 bits per heavy atom. The molecule has 0 spiro atoms. The van der Waals surface area contributed by atoms with Crippen LogP contribution in [-0.4, -0.2) is 49.3 Å². The van der Waals surface area contributed by atoms with Gasteiger partial charge in [-0.05, 0) is 57.8 Å². The molecule has 3 N–H and O–H groups in total. The first-order chi connectivity index (χ1) is 29.8. The van der Waals surface area contributed by atoms with Crippen molar-refractivity contribution >= 4 is 19.8 Å². The summed E-state index contributed by atoms with van der Waals surface area (Å²) in [4.78, 5) is 35.0. The molecule has 0 heterocycles. The van der Waals surface area contributed by atoms with Gasteiger partial charge in [0.15, 0.2) is 6.10 Å². The number of esters is 2. The van der Waals surface area contributed by atoms with Crippen LogP contribution in [0.25, 0.3) is 0 Å². The molecular formula is C51H92NO8P. The molecule has 0 rings (SSSR count). The van der Waals surface area contributed by atoms with E-state index in [1.54, 1.807) is 0 Å². The average Bonchev–Trinajstić information content (AvgIpc) is 3.25. The fourth-order valence-corrected chi connectivity index (χ4v) is 7.55. The first kappa shape index (κ1) is 58.7. The smallest absolute Gasteiger partial charge is 0.462 e. The summed E-state index contributed by atoms with van der Waals surface area (Å²) in [6.45, 7) is 3.60. The van der Waals surface area contributed by atoms with Crippen LogP contribution in [0, 0.1) is 0 Å². The highest BCUT2D eigenvalue weighted by Crippen LogP contribution is 2.43. The van der Waals surface area contributed by atoms with Crippen molar-refractivity contribution in [1.82, 2.24) is 0 Å². The van der Waals surface area contributed by atoms with Crippen LogP contribution in [0.5, 0.6) is 0 Å². The van der Waals surface area contributed by atoms with Gasteiger partial charge in [0.05, 0.1) is 13.2 Å². The zero-order valence-corrected chi connectivity index (χ0v) is 40.0. The maximum absolute atomic E-state index is 12.6. The largest absolute Gasteiger partial charge is 0.472 e. The van der Waals surface area contributed by atoms with Gasteiger partial charge in [-0.15, -0.1) is 0 Å². The number of unbranched alkanes of at least 4 members (excludes halogenated alkanes) is 23. The summed E-state index contributed by atoms with van der Waals surface area (Å²) in [6.07, 6.45) is 56.9. The van der Waals surface area contributed by atoms with Gasteiger partial charge in [-0.2, -0.15) is 0 Å². The molecule has 0 aromatic rings. The van der Waals surface area contributed by atoms with E-state index in [0.29, 0.717) is 6.42 Å². The molecular weight excluding hydrogens is 786 g/mol. The van der Waals surface area contributed by atoms with Crippen molar-refractivity contribution in [2.45, 2.75) is 225 Å². The number of hydrogen-bond donors (Lipinski definition) is 2. The van der Waals surface area contributed by atoms with E-state index < -0.39 is 26.5 Å². The Hall–Kier alpha value is -2.29. The van der Waals surface area contributed by atoms with E-state index in [-0.39, 0.29) is 38.6 Å². The summed E-state index contributed by atoms with van der Waals surface area (Å²) in [7, 11) is -4.39. The van der Waals surface area contributed by atoms with Crippen LogP contribution < -0.4 is 5.73 Å². The van der Waals surface area contributed by atoms with E-state index in [1.807, 2.05) is 0 Å². The molecule has 1 unspecified atom stereocenters. The van der Waals surface area contributed by atoms with Crippen LogP contribution in [0.3, 0.4) is 0 Å². The summed E-state index contributed by atoms with van der Waals surface area (Å²) in [5.41, 5.74) is 5.36. The Bertz CT molecular complexity index is 1180. The van der Waals surface area contributed by atoms with E-state index in [2.05, 4.69) is 74.6 Å². The number of carbonyl (C=O) groups is 2. The lowest BCUT2D eigenvalue weighted by Gasteiger charge is -2.19. The van der Waals surface area contributed by atoms with Crippen molar-refractivity contribution in [3.05, 3.63) is 60.8 Å². The van der Waals surface area contributed by atoms with Crippen molar-refractivity contribution in [2.75, 3.05) is 26.4 Å². The van der Waals surface area contributed by atoms with E-state index in [0.717, 1.165) is 70.6 Å². The molecule has 0 aliphatic carbocycles. The maximum atomic E-state index is 12.6. The molecule has 0 saturated carbocycles. The summed E-state index contributed by atoms with van der Waals surface area (Å²) in [6, 6.07) is 0. The van der Waals surface area contributed by atoms with E-state index in [9.17, 15) is 19.0 Å². The zero-order valence-electron chi connectivity index (χ0n) is 39.1. The van der Waals surface area contributed by atoms with Gasteiger partial charge in [-0.3, -0.25) is 18.6 Å². The molecule has 0 aliphatic rings. The second kappa shape index (κ2) is 47.2. The van der Waals surface area contributed by atoms with Crippen LogP contribution in [0.1, 0.15) is 219 Å². The highest BCUT2D eigenvalue weighted by atomic mass is 31.2. The molecule has 0 aliphatic heterocycles. The zero-order chi connectivity index (χ0) is 44.6. The van der Waals surface area contributed by atoms with Crippen molar-refractivity contribution in [3.8, 4) is 0 Å². The summed E-state index contributed by atoms with van der Waals surface area (Å²) < 4.78 is 32.9. The SMILES string of the molecule is CC/C=C/C/C=C/C/C=C/C/C=C/C/C=C/CCCCCC(=O)O[C@H](COC(=O)CCCCCCCCCCCCCCCCCCCCCCC)COP(=O)(O)OCCN. The molecule has 0 radical (unpaired) electrons. The number of phosphoric acid groups is 1. The topological polar surface area (TPSA) is 134 Å². The van der Waals surface area contributed by atoms with Gasteiger partial charge in [0.2, 0.25) is 0 Å². The minimum atomic E-state index is -4.39. The van der Waals surface area contributed by atoms with Gasteiger partial charge >= 0.3 is 19.8 Å². The molecule has 0 bridgehead atoms. The number of phosphoric ester groups is 1. The van der Waals surface area contributed by atoms with Gasteiger partial charge < -0.3 is 20.1 Å². The Morgan fingerprint density at radius 2 is 0.902 bits per heavy atom. The highest BCUT2D eigenvalue weighted by molar-refractivity contribution is 7.47. The van der Waals surface area contributed by atoms with Crippen LogP contribution in [0.15, 0.2) is 60.8 Å².